The highest BCUT2D eigenvalue weighted by Crippen LogP contribution is 2.55. The van der Waals surface area contributed by atoms with E-state index in [0.29, 0.717) is 18.2 Å². The number of rotatable bonds is 4. The summed E-state index contributed by atoms with van der Waals surface area (Å²) in [7, 11) is -4.61. The predicted molar refractivity (Wildman–Crippen MR) is 99.7 cm³/mol. The molecule has 4 rings (SSSR count). The minimum absolute atomic E-state index is 0.0819. The number of hydrogen-bond donors (Lipinski definition) is 0. The lowest BCUT2D eigenvalue weighted by Gasteiger charge is -2.50. The maximum absolute atomic E-state index is 15.1. The van der Waals surface area contributed by atoms with Gasteiger partial charge in [-0.15, -0.1) is 6.58 Å². The van der Waals surface area contributed by atoms with Crippen LogP contribution in [0.2, 0.25) is 0 Å². The van der Waals surface area contributed by atoms with Gasteiger partial charge in [-0.2, -0.15) is 0 Å². The molecule has 0 aromatic heterocycles. The second-order valence-corrected chi connectivity index (χ2v) is 9.54. The van der Waals surface area contributed by atoms with Crippen molar-refractivity contribution >= 4 is 9.84 Å². The minimum atomic E-state index is -4.61. The van der Waals surface area contributed by atoms with Crippen molar-refractivity contribution in [3.05, 3.63) is 71.8 Å². The Morgan fingerprint density at radius 1 is 1.10 bits per heavy atom. The van der Waals surface area contributed by atoms with Crippen LogP contribution in [0.4, 0.5) is 17.6 Å². The first kappa shape index (κ1) is 20.9. The molecule has 160 valence electrons. The van der Waals surface area contributed by atoms with Gasteiger partial charge in [-0.05, 0) is 37.1 Å². The Hall–Kier alpha value is -2.39. The van der Waals surface area contributed by atoms with E-state index >= 15 is 4.39 Å². The smallest absolute Gasteiger partial charge is 0.189 e. The summed E-state index contributed by atoms with van der Waals surface area (Å²) in [5.41, 5.74) is -0.471. The Balaban J connectivity index is 2.05. The number of hydrogen-bond acceptors (Lipinski definition) is 4. The Labute approximate surface area is 171 Å². The van der Waals surface area contributed by atoms with Crippen molar-refractivity contribution in [1.82, 2.24) is 0 Å². The number of ether oxygens (including phenoxy) is 2. The molecular formula is C21H18F4O4S. The van der Waals surface area contributed by atoms with Crippen molar-refractivity contribution in [3.8, 4) is 5.75 Å². The lowest BCUT2D eigenvalue weighted by atomic mass is 9.75. The summed E-state index contributed by atoms with van der Waals surface area (Å²) >= 11 is 0. The van der Waals surface area contributed by atoms with Crippen LogP contribution in [0.5, 0.6) is 5.75 Å². The van der Waals surface area contributed by atoms with Gasteiger partial charge < -0.3 is 9.47 Å². The van der Waals surface area contributed by atoms with Crippen molar-refractivity contribution in [3.63, 3.8) is 0 Å². The van der Waals surface area contributed by atoms with E-state index in [1.54, 1.807) is 0 Å². The van der Waals surface area contributed by atoms with Crippen LogP contribution in [0.15, 0.2) is 47.9 Å². The van der Waals surface area contributed by atoms with Gasteiger partial charge in [0.15, 0.2) is 21.4 Å². The Morgan fingerprint density at radius 3 is 2.43 bits per heavy atom. The lowest BCUT2D eigenvalue weighted by Crippen LogP contribution is -2.57. The van der Waals surface area contributed by atoms with Gasteiger partial charge in [0.1, 0.15) is 22.2 Å². The van der Waals surface area contributed by atoms with Gasteiger partial charge in [-0.1, -0.05) is 6.08 Å². The third kappa shape index (κ3) is 2.94. The Morgan fingerprint density at radius 2 is 1.77 bits per heavy atom. The molecule has 0 bridgehead atoms. The lowest BCUT2D eigenvalue weighted by molar-refractivity contribution is -0.0704. The highest BCUT2D eigenvalue weighted by Gasteiger charge is 2.61. The highest BCUT2D eigenvalue weighted by atomic mass is 32.2. The molecule has 0 saturated carbocycles. The zero-order valence-corrected chi connectivity index (χ0v) is 16.5. The average molecular weight is 442 g/mol. The molecule has 2 aliphatic rings. The molecule has 30 heavy (non-hydrogen) atoms. The summed E-state index contributed by atoms with van der Waals surface area (Å²) in [5.74, 6) is -5.55. The summed E-state index contributed by atoms with van der Waals surface area (Å²) in [6.07, 6.45) is 0.796. The molecular weight excluding hydrogens is 424 g/mol. The van der Waals surface area contributed by atoms with Gasteiger partial charge in [-0.3, -0.25) is 0 Å². The first-order valence-electron chi connectivity index (χ1n) is 9.27. The molecule has 0 amide bonds. The van der Waals surface area contributed by atoms with Crippen molar-refractivity contribution in [1.29, 1.82) is 0 Å². The van der Waals surface area contributed by atoms with Crippen LogP contribution in [0.1, 0.15) is 18.4 Å². The monoisotopic (exact) mass is 442 g/mol. The molecule has 2 aliphatic heterocycles. The van der Waals surface area contributed by atoms with Crippen molar-refractivity contribution in [2.75, 3.05) is 13.2 Å². The summed E-state index contributed by atoms with van der Waals surface area (Å²) < 4.78 is 94.2. The molecule has 1 saturated heterocycles. The first-order valence-corrected chi connectivity index (χ1v) is 10.7. The van der Waals surface area contributed by atoms with Crippen molar-refractivity contribution < 1.29 is 35.5 Å². The van der Waals surface area contributed by atoms with E-state index in [2.05, 4.69) is 6.58 Å². The quantitative estimate of drug-likeness (QED) is 0.524. The predicted octanol–water partition coefficient (Wildman–Crippen LogP) is 4.29. The van der Waals surface area contributed by atoms with Gasteiger partial charge in [0.05, 0.1) is 23.2 Å². The van der Waals surface area contributed by atoms with Gasteiger partial charge in [-0.25, -0.2) is 26.0 Å². The minimum Gasteiger partial charge on any atom is -0.490 e. The van der Waals surface area contributed by atoms with Crippen molar-refractivity contribution in [2.24, 2.45) is 5.92 Å². The van der Waals surface area contributed by atoms with Crippen LogP contribution in [0.3, 0.4) is 0 Å². The fourth-order valence-electron chi connectivity index (χ4n) is 4.52. The van der Waals surface area contributed by atoms with Gasteiger partial charge in [0.2, 0.25) is 0 Å². The maximum atomic E-state index is 15.1. The summed E-state index contributed by atoms with van der Waals surface area (Å²) in [6, 6.07) is 3.55. The molecule has 0 radical (unpaired) electrons. The van der Waals surface area contributed by atoms with Crippen LogP contribution in [-0.2, 0) is 19.3 Å². The molecule has 0 aliphatic carbocycles. The molecule has 0 N–H and O–H groups in total. The zero-order valence-electron chi connectivity index (χ0n) is 15.7. The summed E-state index contributed by atoms with van der Waals surface area (Å²) in [4.78, 5) is -0.652. The van der Waals surface area contributed by atoms with Crippen LogP contribution in [-0.4, -0.2) is 27.7 Å². The largest absolute Gasteiger partial charge is 0.490 e. The zero-order chi connectivity index (χ0) is 21.7. The molecule has 1 fully saturated rings. The fourth-order valence-corrected chi connectivity index (χ4v) is 6.90. The molecule has 0 spiro atoms. The SMILES string of the molecule is C=CC[C@@H]1OCC[C@@]2(S(=O)(=O)c3cc(F)cc(F)c3)c3c(F)ccc(F)c3OCC12. The fraction of sp³-hybridized carbons (Fsp3) is 0.333. The standard InChI is InChI=1S/C21H18F4O4S/c1-2-3-18-15-11-29-20-17(25)5-4-16(24)19(20)21(15,6-7-28-18)30(26,27)14-9-12(22)8-13(23)10-14/h2,4-5,8-10,15,18H,1,3,6-7,11H2/t15?,18-,21-/m0/s1. The molecule has 9 heteroatoms. The molecule has 2 aromatic rings. The van der Waals surface area contributed by atoms with E-state index in [4.69, 9.17) is 9.47 Å². The van der Waals surface area contributed by atoms with Crippen LogP contribution < -0.4 is 4.74 Å². The highest BCUT2D eigenvalue weighted by molar-refractivity contribution is 7.92. The number of benzene rings is 2. The van der Waals surface area contributed by atoms with E-state index in [1.807, 2.05) is 0 Å². The summed E-state index contributed by atoms with van der Waals surface area (Å²) in [5, 5.41) is 0. The van der Waals surface area contributed by atoms with E-state index in [1.165, 1.54) is 6.08 Å². The van der Waals surface area contributed by atoms with Crippen molar-refractivity contribution in [2.45, 2.75) is 28.6 Å². The Bertz CT molecular complexity index is 1100. The van der Waals surface area contributed by atoms with E-state index in [9.17, 15) is 21.6 Å². The van der Waals surface area contributed by atoms with Gasteiger partial charge >= 0.3 is 0 Å². The summed E-state index contributed by atoms with van der Waals surface area (Å²) in [6.45, 7) is 3.27. The van der Waals surface area contributed by atoms with E-state index in [0.717, 1.165) is 12.1 Å². The van der Waals surface area contributed by atoms with E-state index < -0.39 is 66.1 Å². The molecule has 2 heterocycles. The number of halogens is 4. The van der Waals surface area contributed by atoms with Crippen LogP contribution in [0.25, 0.3) is 0 Å². The molecule has 3 atom stereocenters. The second-order valence-electron chi connectivity index (χ2n) is 7.33. The van der Waals surface area contributed by atoms with Crippen LogP contribution >= 0.6 is 0 Å². The second kappa shape index (κ2) is 7.39. The van der Waals surface area contributed by atoms with E-state index in [-0.39, 0.29) is 26.1 Å². The molecule has 4 nitrogen and oxygen atoms in total. The topological polar surface area (TPSA) is 52.6 Å². The maximum Gasteiger partial charge on any atom is 0.189 e. The van der Waals surface area contributed by atoms with Gasteiger partial charge in [0.25, 0.3) is 0 Å². The van der Waals surface area contributed by atoms with Crippen LogP contribution in [0, 0.1) is 29.2 Å². The third-order valence-corrected chi connectivity index (χ3v) is 8.29. The Kier molecular flexibility index (Phi) is 5.14. The average Bonchev–Trinajstić information content (AvgIpc) is 2.69. The normalized spacial score (nSPS) is 25.7. The number of fused-ring (bicyclic) bond motifs is 3. The van der Waals surface area contributed by atoms with Gasteiger partial charge in [0, 0.05) is 18.6 Å². The number of sulfone groups is 1. The molecule has 2 aromatic carbocycles. The third-order valence-electron chi connectivity index (χ3n) is 5.77. The molecule has 1 unspecified atom stereocenters. The first-order chi connectivity index (χ1) is 14.2.